The van der Waals surface area contributed by atoms with Crippen LogP contribution >= 0.6 is 11.3 Å². The molecule has 0 amide bonds. The largest absolute Gasteiger partial charge is 0.497 e. The molecule has 2 unspecified atom stereocenters. The Morgan fingerprint density at radius 1 is 1.19 bits per heavy atom. The SMILES string of the molecule is COc1ccc2nc(NC3CCC(NCc4ccsc4)C3)cc(C)c2c1. The fraction of sp³-hybridized carbons (Fsp3) is 0.381. The molecular weight excluding hydrogens is 342 g/mol. The monoisotopic (exact) mass is 367 g/mol. The first-order valence-corrected chi connectivity index (χ1v) is 10.1. The molecule has 0 radical (unpaired) electrons. The van der Waals surface area contributed by atoms with Crippen LogP contribution in [-0.2, 0) is 6.54 Å². The Hall–Kier alpha value is -2.11. The average Bonchev–Trinajstić information content (AvgIpc) is 3.31. The van der Waals surface area contributed by atoms with E-state index in [1.165, 1.54) is 24.0 Å². The third-order valence-corrected chi connectivity index (χ3v) is 5.91. The van der Waals surface area contributed by atoms with Gasteiger partial charge in [-0.05, 0) is 78.4 Å². The molecule has 1 fully saturated rings. The van der Waals surface area contributed by atoms with E-state index >= 15 is 0 Å². The van der Waals surface area contributed by atoms with E-state index in [1.54, 1.807) is 18.4 Å². The summed E-state index contributed by atoms with van der Waals surface area (Å²) in [5.41, 5.74) is 3.62. The summed E-state index contributed by atoms with van der Waals surface area (Å²) in [5, 5.41) is 12.8. The number of nitrogens with zero attached hydrogens (tertiary/aromatic N) is 1. The standard InChI is InChI=1S/C21H25N3OS/c1-14-9-21(24-20-6-5-18(25-2)11-19(14)20)23-17-4-3-16(10-17)22-12-15-7-8-26-13-15/h5-9,11,13,16-17,22H,3-4,10,12H2,1-2H3,(H,23,24). The van der Waals surface area contributed by atoms with E-state index in [-0.39, 0.29) is 0 Å². The molecule has 4 nitrogen and oxygen atoms in total. The number of hydrogen-bond donors (Lipinski definition) is 2. The van der Waals surface area contributed by atoms with Crippen molar-refractivity contribution >= 4 is 28.1 Å². The molecule has 0 bridgehead atoms. The van der Waals surface area contributed by atoms with Crippen LogP contribution in [-0.4, -0.2) is 24.2 Å². The summed E-state index contributed by atoms with van der Waals surface area (Å²) >= 11 is 1.76. The molecule has 2 heterocycles. The molecule has 2 atom stereocenters. The highest BCUT2D eigenvalue weighted by atomic mass is 32.1. The van der Waals surface area contributed by atoms with Gasteiger partial charge in [-0.2, -0.15) is 11.3 Å². The molecule has 1 aliphatic rings. The van der Waals surface area contributed by atoms with Gasteiger partial charge in [0, 0.05) is 24.0 Å². The second kappa shape index (κ2) is 7.64. The molecule has 0 spiro atoms. The lowest BCUT2D eigenvalue weighted by atomic mass is 10.1. The molecule has 0 aliphatic heterocycles. The number of fused-ring (bicyclic) bond motifs is 1. The van der Waals surface area contributed by atoms with Gasteiger partial charge in [0.05, 0.1) is 12.6 Å². The van der Waals surface area contributed by atoms with Gasteiger partial charge in [0.15, 0.2) is 0 Å². The maximum atomic E-state index is 5.33. The maximum absolute atomic E-state index is 5.33. The number of ether oxygens (including phenoxy) is 1. The zero-order valence-corrected chi connectivity index (χ0v) is 16.1. The smallest absolute Gasteiger partial charge is 0.127 e. The Morgan fingerprint density at radius 2 is 2.08 bits per heavy atom. The van der Waals surface area contributed by atoms with Crippen molar-refractivity contribution in [1.82, 2.24) is 10.3 Å². The Kier molecular flexibility index (Phi) is 5.09. The number of aryl methyl sites for hydroxylation is 1. The van der Waals surface area contributed by atoms with Gasteiger partial charge in [-0.15, -0.1) is 0 Å². The Morgan fingerprint density at radius 3 is 2.88 bits per heavy atom. The van der Waals surface area contributed by atoms with Crippen LogP contribution in [0.2, 0.25) is 0 Å². The van der Waals surface area contributed by atoms with Crippen LogP contribution in [0.15, 0.2) is 41.1 Å². The molecular formula is C21H25N3OS. The average molecular weight is 368 g/mol. The number of benzene rings is 1. The molecule has 5 heteroatoms. The van der Waals surface area contributed by atoms with Crippen LogP contribution in [0.1, 0.15) is 30.4 Å². The summed E-state index contributed by atoms with van der Waals surface area (Å²) in [7, 11) is 1.70. The number of thiophene rings is 1. The number of anilines is 1. The fourth-order valence-electron chi connectivity index (χ4n) is 3.74. The molecule has 136 valence electrons. The van der Waals surface area contributed by atoms with Crippen molar-refractivity contribution in [3.8, 4) is 5.75 Å². The second-order valence-electron chi connectivity index (χ2n) is 7.07. The van der Waals surface area contributed by atoms with E-state index in [9.17, 15) is 0 Å². The topological polar surface area (TPSA) is 46.2 Å². The van der Waals surface area contributed by atoms with Gasteiger partial charge in [-0.1, -0.05) is 0 Å². The third-order valence-electron chi connectivity index (χ3n) is 5.18. The van der Waals surface area contributed by atoms with Crippen molar-refractivity contribution in [2.75, 3.05) is 12.4 Å². The third kappa shape index (κ3) is 3.84. The maximum Gasteiger partial charge on any atom is 0.127 e. The van der Waals surface area contributed by atoms with E-state index in [1.807, 2.05) is 12.1 Å². The van der Waals surface area contributed by atoms with Crippen molar-refractivity contribution in [3.05, 3.63) is 52.2 Å². The number of aromatic nitrogens is 1. The van der Waals surface area contributed by atoms with Crippen molar-refractivity contribution in [2.45, 2.75) is 44.8 Å². The van der Waals surface area contributed by atoms with E-state index in [0.29, 0.717) is 12.1 Å². The summed E-state index contributed by atoms with van der Waals surface area (Å²) in [4.78, 5) is 4.80. The van der Waals surface area contributed by atoms with Gasteiger partial charge in [0.2, 0.25) is 0 Å². The van der Waals surface area contributed by atoms with Gasteiger partial charge in [-0.3, -0.25) is 0 Å². The van der Waals surface area contributed by atoms with Gasteiger partial charge in [0.1, 0.15) is 11.6 Å². The van der Waals surface area contributed by atoms with Crippen LogP contribution in [0, 0.1) is 6.92 Å². The molecule has 1 saturated carbocycles. The summed E-state index contributed by atoms with van der Waals surface area (Å²) in [6, 6.07) is 11.5. The van der Waals surface area contributed by atoms with Crippen molar-refractivity contribution in [2.24, 2.45) is 0 Å². The lowest BCUT2D eigenvalue weighted by Crippen LogP contribution is -2.27. The van der Waals surface area contributed by atoms with E-state index in [2.05, 4.69) is 46.5 Å². The number of nitrogens with one attached hydrogen (secondary N) is 2. The van der Waals surface area contributed by atoms with Crippen LogP contribution in [0.5, 0.6) is 5.75 Å². The van der Waals surface area contributed by atoms with Gasteiger partial charge in [-0.25, -0.2) is 4.98 Å². The molecule has 0 saturated heterocycles. The second-order valence-corrected chi connectivity index (χ2v) is 7.85. The van der Waals surface area contributed by atoms with Crippen molar-refractivity contribution in [1.29, 1.82) is 0 Å². The number of methoxy groups -OCH3 is 1. The quantitative estimate of drug-likeness (QED) is 0.661. The Balaban J connectivity index is 1.39. The summed E-state index contributed by atoms with van der Waals surface area (Å²) in [6.07, 6.45) is 3.54. The van der Waals surface area contributed by atoms with Gasteiger partial charge in [0.25, 0.3) is 0 Å². The van der Waals surface area contributed by atoms with E-state index < -0.39 is 0 Å². The molecule has 4 rings (SSSR count). The van der Waals surface area contributed by atoms with Crippen molar-refractivity contribution < 1.29 is 4.74 Å². The highest BCUT2D eigenvalue weighted by Crippen LogP contribution is 2.27. The van der Waals surface area contributed by atoms with Crippen LogP contribution in [0.3, 0.4) is 0 Å². The van der Waals surface area contributed by atoms with Crippen LogP contribution in [0.25, 0.3) is 10.9 Å². The predicted molar refractivity (Wildman–Crippen MR) is 109 cm³/mol. The zero-order chi connectivity index (χ0) is 17.9. The normalized spacial score (nSPS) is 19.8. The number of pyridine rings is 1. The summed E-state index contributed by atoms with van der Waals surface area (Å²) in [5.74, 6) is 1.85. The molecule has 2 aromatic heterocycles. The number of hydrogen-bond acceptors (Lipinski definition) is 5. The Labute approximate surface area is 158 Å². The van der Waals surface area contributed by atoms with Gasteiger partial charge < -0.3 is 15.4 Å². The van der Waals surface area contributed by atoms with Crippen LogP contribution < -0.4 is 15.4 Å². The lowest BCUT2D eigenvalue weighted by Gasteiger charge is -2.16. The van der Waals surface area contributed by atoms with E-state index in [0.717, 1.165) is 35.4 Å². The molecule has 26 heavy (non-hydrogen) atoms. The summed E-state index contributed by atoms with van der Waals surface area (Å²) < 4.78 is 5.33. The minimum Gasteiger partial charge on any atom is -0.497 e. The molecule has 2 N–H and O–H groups in total. The molecule has 1 aromatic carbocycles. The minimum atomic E-state index is 0.484. The van der Waals surface area contributed by atoms with Crippen LogP contribution in [0.4, 0.5) is 5.82 Å². The molecule has 3 aromatic rings. The van der Waals surface area contributed by atoms with E-state index in [4.69, 9.17) is 9.72 Å². The first kappa shape index (κ1) is 17.3. The minimum absolute atomic E-state index is 0.484. The predicted octanol–water partition coefficient (Wildman–Crippen LogP) is 4.74. The first-order valence-electron chi connectivity index (χ1n) is 9.17. The van der Waals surface area contributed by atoms with Crippen molar-refractivity contribution in [3.63, 3.8) is 0 Å². The Bertz CT molecular complexity index is 878. The number of rotatable bonds is 6. The molecule has 1 aliphatic carbocycles. The lowest BCUT2D eigenvalue weighted by molar-refractivity contribution is 0.415. The zero-order valence-electron chi connectivity index (χ0n) is 15.3. The highest BCUT2D eigenvalue weighted by Gasteiger charge is 2.24. The highest BCUT2D eigenvalue weighted by molar-refractivity contribution is 7.07. The fourth-order valence-corrected chi connectivity index (χ4v) is 4.41. The summed E-state index contributed by atoms with van der Waals surface area (Å²) in [6.45, 7) is 3.10. The van der Waals surface area contributed by atoms with Gasteiger partial charge >= 0.3 is 0 Å². The first-order chi connectivity index (χ1) is 12.7.